The quantitative estimate of drug-likeness (QED) is 0.359. The monoisotopic (exact) mass is 464 g/mol. The number of para-hydroxylation sites is 1. The molecule has 1 heterocycles. The van der Waals surface area contributed by atoms with Gasteiger partial charge in [-0.1, -0.05) is 53.7 Å². The molecule has 162 valence electrons. The van der Waals surface area contributed by atoms with Crippen LogP contribution >= 0.6 is 23.4 Å². The van der Waals surface area contributed by atoms with Crippen LogP contribution in [-0.2, 0) is 4.79 Å². The Morgan fingerprint density at radius 3 is 2.50 bits per heavy atom. The number of methoxy groups -OCH3 is 1. The number of nitrogens with zero attached hydrogens (tertiary/aromatic N) is 3. The zero-order valence-corrected chi connectivity index (χ0v) is 19.2. The number of halogens is 1. The molecule has 0 radical (unpaired) electrons. The number of nitrogens with one attached hydrogen (secondary N) is 1. The van der Waals surface area contributed by atoms with Crippen molar-refractivity contribution in [3.8, 4) is 22.8 Å². The van der Waals surface area contributed by atoms with Gasteiger partial charge in [0.25, 0.3) is 0 Å². The minimum Gasteiger partial charge on any atom is -0.497 e. The first-order valence-electron chi connectivity index (χ1n) is 9.89. The largest absolute Gasteiger partial charge is 0.497 e. The van der Waals surface area contributed by atoms with Gasteiger partial charge in [0.05, 0.1) is 12.9 Å². The molecule has 3 aromatic carbocycles. The van der Waals surface area contributed by atoms with Crippen molar-refractivity contribution in [2.45, 2.75) is 12.1 Å². The summed E-state index contributed by atoms with van der Waals surface area (Å²) in [5.74, 6) is 1.45. The summed E-state index contributed by atoms with van der Waals surface area (Å²) in [6, 6.07) is 22.8. The van der Waals surface area contributed by atoms with E-state index in [-0.39, 0.29) is 11.7 Å². The molecule has 32 heavy (non-hydrogen) atoms. The number of carbonyl (C=O) groups excluding carboxylic acids is 1. The third-order valence-corrected chi connectivity index (χ3v) is 6.12. The molecular formula is C24H21ClN4O2S. The number of rotatable bonds is 7. The summed E-state index contributed by atoms with van der Waals surface area (Å²) in [7, 11) is 1.60. The zero-order valence-electron chi connectivity index (χ0n) is 17.6. The lowest BCUT2D eigenvalue weighted by Gasteiger charge is -2.11. The van der Waals surface area contributed by atoms with E-state index in [1.54, 1.807) is 31.4 Å². The normalized spacial score (nSPS) is 10.7. The van der Waals surface area contributed by atoms with Crippen LogP contribution in [0.5, 0.6) is 5.75 Å². The van der Waals surface area contributed by atoms with Crippen LogP contribution in [0.2, 0.25) is 5.02 Å². The van der Waals surface area contributed by atoms with Gasteiger partial charge in [0.1, 0.15) is 5.75 Å². The predicted octanol–water partition coefficient (Wildman–Crippen LogP) is 5.64. The number of aromatic nitrogens is 3. The summed E-state index contributed by atoms with van der Waals surface area (Å²) >= 11 is 7.66. The Labute approximate surface area is 195 Å². The Hall–Kier alpha value is -3.29. The fraction of sp³-hybridized carbons (Fsp3) is 0.125. The Balaban J connectivity index is 1.57. The maximum absolute atomic E-state index is 12.5. The fourth-order valence-electron chi connectivity index (χ4n) is 3.09. The van der Waals surface area contributed by atoms with E-state index >= 15 is 0 Å². The molecule has 4 rings (SSSR count). The smallest absolute Gasteiger partial charge is 0.234 e. The van der Waals surface area contributed by atoms with Crippen LogP contribution in [0.1, 0.15) is 5.56 Å². The van der Waals surface area contributed by atoms with E-state index in [9.17, 15) is 4.79 Å². The van der Waals surface area contributed by atoms with E-state index in [0.717, 1.165) is 22.6 Å². The molecule has 1 N–H and O–H groups in total. The summed E-state index contributed by atoms with van der Waals surface area (Å²) in [6.45, 7) is 1.96. The van der Waals surface area contributed by atoms with Crippen LogP contribution in [0.4, 0.5) is 5.69 Å². The van der Waals surface area contributed by atoms with E-state index in [0.29, 0.717) is 21.7 Å². The van der Waals surface area contributed by atoms with Crippen LogP contribution in [0, 0.1) is 6.92 Å². The minimum atomic E-state index is -0.136. The van der Waals surface area contributed by atoms with E-state index < -0.39 is 0 Å². The molecular weight excluding hydrogens is 444 g/mol. The van der Waals surface area contributed by atoms with Gasteiger partial charge in [-0.2, -0.15) is 0 Å². The number of ether oxygens (including phenoxy) is 1. The summed E-state index contributed by atoms with van der Waals surface area (Å²) in [4.78, 5) is 12.5. The van der Waals surface area contributed by atoms with Gasteiger partial charge in [-0.25, -0.2) is 0 Å². The van der Waals surface area contributed by atoms with Gasteiger partial charge < -0.3 is 10.1 Å². The van der Waals surface area contributed by atoms with Crippen molar-refractivity contribution in [3.63, 3.8) is 0 Å². The second-order valence-electron chi connectivity index (χ2n) is 7.01. The fourth-order valence-corrected chi connectivity index (χ4v) is 4.03. The van der Waals surface area contributed by atoms with Crippen molar-refractivity contribution in [1.29, 1.82) is 0 Å². The Kier molecular flexibility index (Phi) is 6.78. The number of benzene rings is 3. The highest BCUT2D eigenvalue weighted by atomic mass is 35.5. The molecule has 0 aliphatic heterocycles. The van der Waals surface area contributed by atoms with Crippen molar-refractivity contribution in [2.24, 2.45) is 0 Å². The summed E-state index contributed by atoms with van der Waals surface area (Å²) in [5, 5.41) is 12.9. The second kappa shape index (κ2) is 9.89. The molecule has 0 saturated carbocycles. The van der Waals surface area contributed by atoms with Gasteiger partial charge in [0.2, 0.25) is 5.91 Å². The first-order valence-corrected chi connectivity index (χ1v) is 11.3. The van der Waals surface area contributed by atoms with Gasteiger partial charge in [-0.3, -0.25) is 9.36 Å². The SMILES string of the molecule is COc1ccc(NC(=O)CSc2nnc(-c3ccc(C)c(Cl)c3)n2-c2ccccc2)cc1. The van der Waals surface area contributed by atoms with Gasteiger partial charge in [0, 0.05) is 22.0 Å². The molecule has 0 spiro atoms. The maximum atomic E-state index is 12.5. The Bertz CT molecular complexity index is 1230. The maximum Gasteiger partial charge on any atom is 0.234 e. The number of anilines is 1. The topological polar surface area (TPSA) is 69.0 Å². The number of thioether (sulfide) groups is 1. The molecule has 0 bridgehead atoms. The second-order valence-corrected chi connectivity index (χ2v) is 8.36. The summed E-state index contributed by atoms with van der Waals surface area (Å²) in [6.07, 6.45) is 0. The molecule has 0 atom stereocenters. The minimum absolute atomic E-state index is 0.136. The highest BCUT2D eigenvalue weighted by molar-refractivity contribution is 7.99. The first kappa shape index (κ1) is 21.9. The molecule has 0 fully saturated rings. The van der Waals surface area contributed by atoms with Crippen molar-refractivity contribution >= 4 is 35.0 Å². The molecule has 6 nitrogen and oxygen atoms in total. The van der Waals surface area contributed by atoms with Crippen LogP contribution in [0.25, 0.3) is 17.1 Å². The van der Waals surface area contributed by atoms with Gasteiger partial charge >= 0.3 is 0 Å². The van der Waals surface area contributed by atoms with Gasteiger partial charge in [-0.05, 0) is 55.0 Å². The van der Waals surface area contributed by atoms with Crippen molar-refractivity contribution in [2.75, 3.05) is 18.2 Å². The summed E-state index contributed by atoms with van der Waals surface area (Å²) < 4.78 is 7.08. The van der Waals surface area contributed by atoms with Crippen LogP contribution in [0.3, 0.4) is 0 Å². The van der Waals surface area contributed by atoms with Crippen molar-refractivity contribution in [3.05, 3.63) is 83.4 Å². The highest BCUT2D eigenvalue weighted by Crippen LogP contribution is 2.30. The van der Waals surface area contributed by atoms with E-state index in [1.165, 1.54) is 11.8 Å². The molecule has 4 aromatic rings. The van der Waals surface area contributed by atoms with Crippen molar-refractivity contribution < 1.29 is 9.53 Å². The lowest BCUT2D eigenvalue weighted by molar-refractivity contribution is -0.113. The zero-order chi connectivity index (χ0) is 22.5. The van der Waals surface area contributed by atoms with Gasteiger partial charge in [0.15, 0.2) is 11.0 Å². The van der Waals surface area contributed by atoms with E-state index in [4.69, 9.17) is 16.3 Å². The number of carbonyl (C=O) groups is 1. The molecule has 0 unspecified atom stereocenters. The summed E-state index contributed by atoms with van der Waals surface area (Å²) in [5.41, 5.74) is 3.45. The molecule has 0 aliphatic carbocycles. The lowest BCUT2D eigenvalue weighted by atomic mass is 10.1. The van der Waals surface area contributed by atoms with Crippen LogP contribution in [-0.4, -0.2) is 33.5 Å². The van der Waals surface area contributed by atoms with Gasteiger partial charge in [-0.15, -0.1) is 10.2 Å². The lowest BCUT2D eigenvalue weighted by Crippen LogP contribution is -2.14. The van der Waals surface area contributed by atoms with Crippen LogP contribution < -0.4 is 10.1 Å². The standard InChI is InChI=1S/C24H21ClN4O2S/c1-16-8-9-17(14-21(16)25)23-27-28-24(29(23)19-6-4-3-5-7-19)32-15-22(30)26-18-10-12-20(31-2)13-11-18/h3-14H,15H2,1-2H3,(H,26,30). The third kappa shape index (κ3) is 4.95. The Morgan fingerprint density at radius 1 is 1.06 bits per heavy atom. The molecule has 1 aromatic heterocycles. The third-order valence-electron chi connectivity index (χ3n) is 4.78. The highest BCUT2D eigenvalue weighted by Gasteiger charge is 2.18. The van der Waals surface area contributed by atoms with E-state index in [1.807, 2.05) is 60.0 Å². The number of hydrogen-bond donors (Lipinski definition) is 1. The van der Waals surface area contributed by atoms with Crippen molar-refractivity contribution in [1.82, 2.24) is 14.8 Å². The Morgan fingerprint density at radius 2 is 1.81 bits per heavy atom. The number of amides is 1. The van der Waals surface area contributed by atoms with E-state index in [2.05, 4.69) is 15.5 Å². The molecule has 8 heteroatoms. The number of hydrogen-bond acceptors (Lipinski definition) is 5. The molecule has 1 amide bonds. The predicted molar refractivity (Wildman–Crippen MR) is 129 cm³/mol. The molecule has 0 aliphatic rings. The average Bonchev–Trinajstić information content (AvgIpc) is 3.24. The first-order chi connectivity index (χ1) is 15.5. The van der Waals surface area contributed by atoms with Crippen LogP contribution in [0.15, 0.2) is 78.0 Å². The average molecular weight is 465 g/mol. The number of aryl methyl sites for hydroxylation is 1. The molecule has 0 saturated heterocycles.